The molecule has 0 aliphatic rings. The van der Waals surface area contributed by atoms with Crippen molar-refractivity contribution in [3.05, 3.63) is 59.9 Å². The van der Waals surface area contributed by atoms with Crippen molar-refractivity contribution in [3.8, 4) is 0 Å². The molecule has 0 saturated heterocycles. The molecule has 0 aliphatic heterocycles. The Bertz CT molecular complexity index is 679. The number of aliphatic imine (C=N–C) groups is 1. The van der Waals surface area contributed by atoms with Crippen LogP contribution in [0.3, 0.4) is 0 Å². The number of rotatable bonds is 4. The van der Waals surface area contributed by atoms with Gasteiger partial charge in [0.15, 0.2) is 11.6 Å². The van der Waals surface area contributed by atoms with E-state index >= 15 is 0 Å². The van der Waals surface area contributed by atoms with E-state index in [4.69, 9.17) is 5.73 Å². The van der Waals surface area contributed by atoms with Crippen molar-refractivity contribution in [1.29, 1.82) is 0 Å². The second kappa shape index (κ2) is 6.60. The third-order valence-corrected chi connectivity index (χ3v) is 2.77. The lowest BCUT2D eigenvalue weighted by molar-refractivity contribution is 0.625. The van der Waals surface area contributed by atoms with Gasteiger partial charge >= 0.3 is 0 Å². The molecule has 2 aromatic rings. The molecule has 1 heterocycles. The highest BCUT2D eigenvalue weighted by Crippen LogP contribution is 2.18. The number of benzene rings is 1. The highest BCUT2D eigenvalue weighted by atomic mass is 19.1. The van der Waals surface area contributed by atoms with E-state index in [1.165, 1.54) is 48.9 Å². The van der Waals surface area contributed by atoms with Crippen molar-refractivity contribution in [2.24, 2.45) is 10.7 Å². The molecule has 1 aromatic heterocycles. The van der Waals surface area contributed by atoms with Crippen LogP contribution in [0.15, 0.2) is 47.7 Å². The third-order valence-electron chi connectivity index (χ3n) is 2.77. The summed E-state index contributed by atoms with van der Waals surface area (Å²) in [6, 6.07) is 6.99. The van der Waals surface area contributed by atoms with Gasteiger partial charge in [-0.05, 0) is 30.3 Å². The number of hydrogen-bond acceptors (Lipinski definition) is 4. The van der Waals surface area contributed by atoms with Crippen LogP contribution in [-0.2, 0) is 0 Å². The molecule has 2 rings (SSSR count). The zero-order valence-electron chi connectivity index (χ0n) is 11.3. The van der Waals surface area contributed by atoms with Gasteiger partial charge in [-0.15, -0.1) is 0 Å². The number of nitrogens with zero attached hydrogens (tertiary/aromatic N) is 2. The molecule has 3 N–H and O–H groups in total. The molecule has 1 aromatic carbocycles. The first kappa shape index (κ1) is 14.6. The second-order valence-corrected chi connectivity index (χ2v) is 4.16. The maximum Gasteiger partial charge on any atom is 0.166 e. The van der Waals surface area contributed by atoms with Gasteiger partial charge in [-0.3, -0.25) is 4.99 Å². The Morgan fingerprint density at radius 1 is 1.29 bits per heavy atom. The molecule has 0 atom stereocenters. The largest absolute Gasteiger partial charge is 0.404 e. The fraction of sp³-hybridized carbons (Fsp3) is 0.0667. The normalized spacial score (nSPS) is 11.9. The van der Waals surface area contributed by atoms with E-state index in [0.29, 0.717) is 16.8 Å². The average Bonchev–Trinajstić information content (AvgIpc) is 2.50. The molecular formula is C15H14F2N4. The fourth-order valence-corrected chi connectivity index (χ4v) is 1.66. The molecule has 21 heavy (non-hydrogen) atoms. The van der Waals surface area contributed by atoms with Crippen molar-refractivity contribution in [2.45, 2.75) is 0 Å². The summed E-state index contributed by atoms with van der Waals surface area (Å²) in [5.41, 5.74) is 7.11. The smallest absolute Gasteiger partial charge is 0.166 e. The predicted molar refractivity (Wildman–Crippen MR) is 80.5 cm³/mol. The Morgan fingerprint density at radius 3 is 2.57 bits per heavy atom. The molecule has 0 unspecified atom stereocenters. The minimum absolute atomic E-state index is 0.158. The summed E-state index contributed by atoms with van der Waals surface area (Å²) in [4.78, 5) is 8.10. The molecule has 0 saturated carbocycles. The summed E-state index contributed by atoms with van der Waals surface area (Å²) in [6.07, 6.45) is 4.27. The van der Waals surface area contributed by atoms with Crippen LogP contribution in [0.25, 0.3) is 5.57 Å². The first-order chi connectivity index (χ1) is 10.1. The zero-order chi connectivity index (χ0) is 15.2. The van der Waals surface area contributed by atoms with Crippen molar-refractivity contribution in [3.63, 3.8) is 0 Å². The third kappa shape index (κ3) is 3.62. The van der Waals surface area contributed by atoms with Crippen LogP contribution in [-0.4, -0.2) is 18.2 Å². The summed E-state index contributed by atoms with van der Waals surface area (Å²) in [5, 5.41) is 2.64. The van der Waals surface area contributed by atoms with Gasteiger partial charge in [-0.2, -0.15) is 0 Å². The molecule has 0 radical (unpaired) electrons. The lowest BCUT2D eigenvalue weighted by atomic mass is 10.1. The Kier molecular flexibility index (Phi) is 4.61. The number of anilines is 1. The van der Waals surface area contributed by atoms with Gasteiger partial charge in [-0.1, -0.05) is 0 Å². The minimum Gasteiger partial charge on any atom is -0.404 e. The lowest BCUT2D eigenvalue weighted by Gasteiger charge is -2.05. The summed E-state index contributed by atoms with van der Waals surface area (Å²) in [7, 11) is 1.58. The standard InChI is InChI=1S/C15H14F2N4/c1-19-15-14(17)6-10(8-21-15)11(7-18)9-20-13-4-2-12(16)3-5-13/h2-9H,18H2,1H3,(H,19,21). The highest BCUT2D eigenvalue weighted by molar-refractivity contribution is 6.10. The zero-order valence-corrected chi connectivity index (χ0v) is 11.3. The first-order valence-corrected chi connectivity index (χ1v) is 6.19. The predicted octanol–water partition coefficient (Wildman–Crippen LogP) is 3.10. The Morgan fingerprint density at radius 2 is 2.00 bits per heavy atom. The van der Waals surface area contributed by atoms with Crippen LogP contribution >= 0.6 is 0 Å². The number of aromatic nitrogens is 1. The van der Waals surface area contributed by atoms with Crippen LogP contribution in [0.1, 0.15) is 5.56 Å². The van der Waals surface area contributed by atoms with Crippen molar-refractivity contribution in [2.75, 3.05) is 12.4 Å². The van der Waals surface area contributed by atoms with E-state index in [2.05, 4.69) is 15.3 Å². The van der Waals surface area contributed by atoms with Gasteiger partial charge in [0.2, 0.25) is 0 Å². The van der Waals surface area contributed by atoms with E-state index in [1.54, 1.807) is 7.05 Å². The maximum absolute atomic E-state index is 13.7. The molecule has 0 aliphatic carbocycles. The Labute approximate surface area is 121 Å². The second-order valence-electron chi connectivity index (χ2n) is 4.16. The average molecular weight is 288 g/mol. The van der Waals surface area contributed by atoms with E-state index in [1.807, 2.05) is 0 Å². The van der Waals surface area contributed by atoms with E-state index in [-0.39, 0.29) is 11.6 Å². The molecule has 0 amide bonds. The Balaban J connectivity index is 2.24. The quantitative estimate of drug-likeness (QED) is 0.850. The van der Waals surface area contributed by atoms with Gasteiger partial charge in [0, 0.05) is 36.8 Å². The maximum atomic E-state index is 13.7. The molecule has 0 fully saturated rings. The van der Waals surface area contributed by atoms with Gasteiger partial charge in [0.1, 0.15) is 5.82 Å². The topological polar surface area (TPSA) is 63.3 Å². The number of pyridine rings is 1. The van der Waals surface area contributed by atoms with Crippen LogP contribution in [0, 0.1) is 11.6 Å². The van der Waals surface area contributed by atoms with Crippen molar-refractivity contribution < 1.29 is 8.78 Å². The molecule has 4 nitrogen and oxygen atoms in total. The number of nitrogens with two attached hydrogens (primary N) is 1. The molecular weight excluding hydrogens is 274 g/mol. The number of hydrogen-bond donors (Lipinski definition) is 2. The summed E-state index contributed by atoms with van der Waals surface area (Å²) < 4.78 is 26.5. The molecule has 108 valence electrons. The van der Waals surface area contributed by atoms with Crippen LogP contribution in [0.2, 0.25) is 0 Å². The number of halogens is 2. The van der Waals surface area contributed by atoms with Gasteiger partial charge in [0.05, 0.1) is 5.69 Å². The van der Waals surface area contributed by atoms with Gasteiger partial charge < -0.3 is 11.1 Å². The van der Waals surface area contributed by atoms with Crippen LogP contribution in [0.4, 0.5) is 20.3 Å². The monoisotopic (exact) mass is 288 g/mol. The van der Waals surface area contributed by atoms with Crippen molar-refractivity contribution in [1.82, 2.24) is 4.98 Å². The van der Waals surface area contributed by atoms with Crippen LogP contribution < -0.4 is 11.1 Å². The number of nitrogens with one attached hydrogen (secondary N) is 1. The minimum atomic E-state index is -0.482. The fourth-order valence-electron chi connectivity index (χ4n) is 1.66. The SMILES string of the molecule is CNc1ncc(C(C=Nc2ccc(F)cc2)=CN)cc1F. The summed E-state index contributed by atoms with van der Waals surface area (Å²) in [6.45, 7) is 0. The lowest BCUT2D eigenvalue weighted by Crippen LogP contribution is -1.99. The molecule has 6 heteroatoms. The van der Waals surface area contributed by atoms with E-state index < -0.39 is 5.82 Å². The molecule has 0 bridgehead atoms. The Hall–Kier alpha value is -2.76. The van der Waals surface area contributed by atoms with Gasteiger partial charge in [0.25, 0.3) is 0 Å². The number of allylic oxidation sites excluding steroid dienone is 1. The first-order valence-electron chi connectivity index (χ1n) is 6.19. The van der Waals surface area contributed by atoms with Crippen LogP contribution in [0.5, 0.6) is 0 Å². The summed E-state index contributed by atoms with van der Waals surface area (Å²) in [5.74, 6) is -0.660. The van der Waals surface area contributed by atoms with E-state index in [9.17, 15) is 8.78 Å². The van der Waals surface area contributed by atoms with Gasteiger partial charge in [-0.25, -0.2) is 13.8 Å². The highest BCUT2D eigenvalue weighted by Gasteiger charge is 2.06. The summed E-state index contributed by atoms with van der Waals surface area (Å²) >= 11 is 0. The van der Waals surface area contributed by atoms with Crippen molar-refractivity contribution >= 4 is 23.3 Å². The van der Waals surface area contributed by atoms with E-state index in [0.717, 1.165) is 0 Å². The molecule has 0 spiro atoms.